The molecule has 0 atom stereocenters. The zero-order chi connectivity index (χ0) is 16.1. The van der Waals surface area contributed by atoms with Gasteiger partial charge in [-0.3, -0.25) is 9.20 Å². The van der Waals surface area contributed by atoms with E-state index in [1.54, 1.807) is 15.7 Å². The van der Waals surface area contributed by atoms with Crippen molar-refractivity contribution in [2.75, 3.05) is 31.2 Å². The predicted molar refractivity (Wildman–Crippen MR) is 97.4 cm³/mol. The molecule has 0 radical (unpaired) electrons. The molecule has 3 aromatic heterocycles. The van der Waals surface area contributed by atoms with Crippen molar-refractivity contribution in [3.63, 3.8) is 0 Å². The second-order valence-corrected chi connectivity index (χ2v) is 6.82. The molecular formula is C18H15N3O2S. The highest BCUT2D eigenvalue weighted by atomic mass is 32.1. The van der Waals surface area contributed by atoms with Gasteiger partial charge in [-0.25, -0.2) is 4.98 Å². The van der Waals surface area contributed by atoms with Crippen LogP contribution in [0.2, 0.25) is 0 Å². The number of hydrogen-bond donors (Lipinski definition) is 0. The third-order valence-corrected chi connectivity index (χ3v) is 5.43. The fraction of sp³-hybridized carbons (Fsp3) is 0.222. The van der Waals surface area contributed by atoms with Crippen LogP contribution in [0.25, 0.3) is 26.6 Å². The molecule has 0 bridgehead atoms. The Hall–Kier alpha value is -2.44. The first-order valence-electron chi connectivity index (χ1n) is 7.97. The molecule has 1 aliphatic rings. The molecule has 0 spiro atoms. The largest absolute Gasteiger partial charge is 0.378 e. The summed E-state index contributed by atoms with van der Waals surface area (Å²) >= 11 is 1.63. The van der Waals surface area contributed by atoms with Crippen molar-refractivity contribution in [3.05, 3.63) is 52.1 Å². The summed E-state index contributed by atoms with van der Waals surface area (Å²) in [5.74, 6) is 0.956. The van der Waals surface area contributed by atoms with Crippen molar-refractivity contribution in [3.8, 4) is 0 Å². The number of nitrogens with zero attached hydrogens (tertiary/aromatic N) is 3. The molecule has 1 aromatic carbocycles. The summed E-state index contributed by atoms with van der Waals surface area (Å²) < 4.78 is 8.25. The van der Waals surface area contributed by atoms with Crippen molar-refractivity contribution < 1.29 is 4.74 Å². The van der Waals surface area contributed by atoms with Crippen molar-refractivity contribution in [2.24, 2.45) is 0 Å². The summed E-state index contributed by atoms with van der Waals surface area (Å²) in [6.45, 7) is 3.08. The lowest BCUT2D eigenvalue weighted by Gasteiger charge is -2.28. The second-order valence-electron chi connectivity index (χ2n) is 5.90. The minimum absolute atomic E-state index is 0.00692. The summed E-state index contributed by atoms with van der Waals surface area (Å²) in [4.78, 5) is 20.1. The van der Waals surface area contributed by atoms with Crippen LogP contribution in [-0.4, -0.2) is 35.7 Å². The number of pyridine rings is 1. The monoisotopic (exact) mass is 337 g/mol. The van der Waals surface area contributed by atoms with Crippen molar-refractivity contribution in [1.82, 2.24) is 9.38 Å². The van der Waals surface area contributed by atoms with E-state index in [0.717, 1.165) is 39.9 Å². The smallest absolute Gasteiger partial charge is 0.264 e. The predicted octanol–water partition coefficient (Wildman–Crippen LogP) is 2.90. The van der Waals surface area contributed by atoms with Crippen LogP contribution in [-0.2, 0) is 4.74 Å². The number of ether oxygens (including phenoxy) is 1. The van der Waals surface area contributed by atoms with Gasteiger partial charge in [0.25, 0.3) is 5.56 Å². The molecule has 24 heavy (non-hydrogen) atoms. The van der Waals surface area contributed by atoms with Crippen molar-refractivity contribution in [1.29, 1.82) is 0 Å². The van der Waals surface area contributed by atoms with Gasteiger partial charge in [0.05, 0.1) is 23.4 Å². The average Bonchev–Trinajstić information content (AvgIpc) is 3.11. The van der Waals surface area contributed by atoms with Crippen LogP contribution in [0.15, 0.2) is 46.6 Å². The summed E-state index contributed by atoms with van der Waals surface area (Å²) in [5, 5.41) is 3.68. The minimum atomic E-state index is -0.00692. The van der Waals surface area contributed by atoms with Crippen LogP contribution >= 0.6 is 11.3 Å². The minimum Gasteiger partial charge on any atom is -0.378 e. The van der Waals surface area contributed by atoms with Crippen LogP contribution in [0.3, 0.4) is 0 Å². The van der Waals surface area contributed by atoms with Crippen LogP contribution in [0, 0.1) is 0 Å². The van der Waals surface area contributed by atoms with Gasteiger partial charge < -0.3 is 9.64 Å². The van der Waals surface area contributed by atoms with E-state index in [1.165, 1.54) is 0 Å². The highest BCUT2D eigenvalue weighted by Crippen LogP contribution is 2.31. The van der Waals surface area contributed by atoms with Crippen LogP contribution < -0.4 is 10.5 Å². The molecule has 1 saturated heterocycles. The second kappa shape index (κ2) is 5.29. The number of morpholine rings is 1. The first kappa shape index (κ1) is 13.9. The molecule has 120 valence electrons. The van der Waals surface area contributed by atoms with Gasteiger partial charge in [-0.2, -0.15) is 0 Å². The van der Waals surface area contributed by atoms with E-state index in [-0.39, 0.29) is 5.56 Å². The molecule has 5 nitrogen and oxygen atoms in total. The number of fused-ring (bicyclic) bond motifs is 4. The molecular weight excluding hydrogens is 322 g/mol. The standard InChI is InChI=1S/C18H15N3O2S/c22-18-13-4-2-1-3-12(13)11-15-19-17(20-6-8-23-9-7-20)16-14(21(15)18)5-10-24-16/h1-5,10-11H,6-9H2. The molecule has 0 unspecified atom stereocenters. The Labute approximate surface area is 141 Å². The fourth-order valence-electron chi connectivity index (χ4n) is 3.36. The highest BCUT2D eigenvalue weighted by Gasteiger charge is 2.19. The third kappa shape index (κ3) is 1.96. The Balaban J connectivity index is 1.90. The molecule has 4 aromatic rings. The lowest BCUT2D eigenvalue weighted by Crippen LogP contribution is -2.37. The van der Waals surface area contributed by atoms with Gasteiger partial charge in [0.1, 0.15) is 5.65 Å². The highest BCUT2D eigenvalue weighted by molar-refractivity contribution is 7.17. The van der Waals surface area contributed by atoms with E-state index >= 15 is 0 Å². The fourth-order valence-corrected chi connectivity index (χ4v) is 4.25. The Kier molecular flexibility index (Phi) is 3.08. The maximum Gasteiger partial charge on any atom is 0.264 e. The van der Waals surface area contributed by atoms with Gasteiger partial charge in [-0.05, 0) is 29.0 Å². The molecule has 0 amide bonds. The Morgan fingerprint density at radius 1 is 1.12 bits per heavy atom. The topological polar surface area (TPSA) is 46.8 Å². The number of aromatic nitrogens is 2. The van der Waals surface area contributed by atoms with Crippen molar-refractivity contribution in [2.45, 2.75) is 0 Å². The molecule has 4 heterocycles. The number of hydrogen-bond acceptors (Lipinski definition) is 5. The number of anilines is 1. The average molecular weight is 337 g/mol. The lowest BCUT2D eigenvalue weighted by atomic mass is 10.1. The van der Waals surface area contributed by atoms with Crippen LogP contribution in [0.1, 0.15) is 0 Å². The van der Waals surface area contributed by atoms with E-state index in [9.17, 15) is 4.79 Å². The molecule has 0 N–H and O–H groups in total. The Morgan fingerprint density at radius 3 is 2.83 bits per heavy atom. The van der Waals surface area contributed by atoms with Crippen LogP contribution in [0.5, 0.6) is 0 Å². The SMILES string of the molecule is O=c1c2ccccc2cc2nc(N3CCOCC3)c3sccc3n12. The summed E-state index contributed by atoms with van der Waals surface area (Å²) in [7, 11) is 0. The maximum atomic E-state index is 13.0. The normalized spacial score (nSPS) is 15.6. The van der Waals surface area contributed by atoms with E-state index in [1.807, 2.05) is 41.8 Å². The van der Waals surface area contributed by atoms with Crippen molar-refractivity contribution >= 4 is 43.8 Å². The van der Waals surface area contributed by atoms with Gasteiger partial charge >= 0.3 is 0 Å². The van der Waals surface area contributed by atoms with E-state index in [2.05, 4.69) is 4.90 Å². The maximum absolute atomic E-state index is 13.0. The molecule has 5 rings (SSSR count). The van der Waals surface area contributed by atoms with Gasteiger partial charge in [0.15, 0.2) is 5.82 Å². The lowest BCUT2D eigenvalue weighted by molar-refractivity contribution is 0.122. The third-order valence-electron chi connectivity index (χ3n) is 4.53. The Morgan fingerprint density at radius 2 is 1.96 bits per heavy atom. The zero-order valence-electron chi connectivity index (χ0n) is 12.9. The zero-order valence-corrected chi connectivity index (χ0v) is 13.8. The van der Waals surface area contributed by atoms with Gasteiger partial charge in [0, 0.05) is 18.5 Å². The van der Waals surface area contributed by atoms with Crippen LogP contribution in [0.4, 0.5) is 5.82 Å². The molecule has 0 saturated carbocycles. The van der Waals surface area contributed by atoms with E-state index < -0.39 is 0 Å². The van der Waals surface area contributed by atoms with E-state index in [0.29, 0.717) is 18.9 Å². The number of thiophene rings is 1. The first-order valence-corrected chi connectivity index (χ1v) is 8.85. The summed E-state index contributed by atoms with van der Waals surface area (Å²) in [6.07, 6.45) is 0. The quantitative estimate of drug-likeness (QED) is 0.501. The molecule has 0 aliphatic carbocycles. The summed E-state index contributed by atoms with van der Waals surface area (Å²) in [6, 6.07) is 11.7. The van der Waals surface area contributed by atoms with Gasteiger partial charge in [-0.1, -0.05) is 18.2 Å². The molecule has 1 aliphatic heterocycles. The Bertz CT molecular complexity index is 1130. The molecule has 1 fully saturated rings. The number of rotatable bonds is 1. The van der Waals surface area contributed by atoms with Gasteiger partial charge in [0.2, 0.25) is 0 Å². The van der Waals surface area contributed by atoms with Gasteiger partial charge in [-0.15, -0.1) is 11.3 Å². The summed E-state index contributed by atoms with van der Waals surface area (Å²) in [5.41, 5.74) is 1.63. The van der Waals surface area contributed by atoms with E-state index in [4.69, 9.17) is 9.72 Å². The molecule has 6 heteroatoms. The first-order chi connectivity index (χ1) is 11.8. The number of benzene rings is 1.